The zero-order valence-corrected chi connectivity index (χ0v) is 19.6. The molecule has 0 spiro atoms. The number of hydrogen-bond donors (Lipinski definition) is 0. The minimum Gasteiger partial charge on any atom is -0.403 e. The summed E-state index contributed by atoms with van der Waals surface area (Å²) in [6.07, 6.45) is 4.75. The topological polar surface area (TPSA) is 55.8 Å². The van der Waals surface area contributed by atoms with Gasteiger partial charge in [0.25, 0.3) is 0 Å². The lowest BCUT2D eigenvalue weighted by atomic mass is 9.65. The van der Waals surface area contributed by atoms with Crippen LogP contribution in [0.3, 0.4) is 0 Å². The first-order valence-electron chi connectivity index (χ1n) is 10.8. The molecule has 1 unspecified atom stereocenters. The van der Waals surface area contributed by atoms with Crippen LogP contribution < -0.4 is 0 Å². The van der Waals surface area contributed by atoms with E-state index in [0.717, 1.165) is 37.6 Å². The minimum atomic E-state index is -3.48. The normalized spacial score (nSPS) is 26.9. The van der Waals surface area contributed by atoms with Gasteiger partial charge in [-0.05, 0) is 71.3 Å². The summed E-state index contributed by atoms with van der Waals surface area (Å²) in [4.78, 5) is 0.380. The highest BCUT2D eigenvalue weighted by Crippen LogP contribution is 2.46. The van der Waals surface area contributed by atoms with Gasteiger partial charge in [0.1, 0.15) is 0 Å². The van der Waals surface area contributed by atoms with Crippen molar-refractivity contribution in [1.82, 2.24) is 4.31 Å². The Balaban J connectivity index is 1.79. The number of unbranched alkanes of at least 4 members (excludes halogenated alkanes) is 1. The lowest BCUT2D eigenvalue weighted by Gasteiger charge is -2.32. The van der Waals surface area contributed by atoms with Crippen LogP contribution in [0, 0.1) is 12.3 Å². The van der Waals surface area contributed by atoms with E-state index in [1.807, 2.05) is 19.1 Å². The second-order valence-electron chi connectivity index (χ2n) is 9.90. The number of hydrogen-bond acceptors (Lipinski definition) is 4. The van der Waals surface area contributed by atoms with Gasteiger partial charge in [0, 0.05) is 13.1 Å². The minimum absolute atomic E-state index is 0.102. The number of benzene rings is 1. The zero-order valence-electron chi connectivity index (χ0n) is 18.8. The Morgan fingerprint density at radius 2 is 1.66 bits per heavy atom. The molecule has 2 saturated heterocycles. The fourth-order valence-corrected chi connectivity index (χ4v) is 5.94. The van der Waals surface area contributed by atoms with Gasteiger partial charge in [-0.25, -0.2) is 8.42 Å². The number of rotatable bonds is 7. The van der Waals surface area contributed by atoms with Crippen molar-refractivity contribution in [3.05, 3.63) is 29.8 Å². The van der Waals surface area contributed by atoms with Crippen LogP contribution >= 0.6 is 0 Å². The molecule has 7 heteroatoms. The van der Waals surface area contributed by atoms with Gasteiger partial charge in [0.2, 0.25) is 10.0 Å². The van der Waals surface area contributed by atoms with E-state index in [1.54, 1.807) is 16.4 Å². The largest absolute Gasteiger partial charge is 0.458 e. The maximum absolute atomic E-state index is 13.2. The molecule has 1 aromatic rings. The smallest absolute Gasteiger partial charge is 0.403 e. The van der Waals surface area contributed by atoms with E-state index in [9.17, 15) is 8.42 Å². The summed E-state index contributed by atoms with van der Waals surface area (Å²) in [5.74, 6) is 0. The van der Waals surface area contributed by atoms with Gasteiger partial charge in [-0.2, -0.15) is 4.31 Å². The van der Waals surface area contributed by atoms with Gasteiger partial charge in [-0.1, -0.05) is 37.5 Å². The first-order chi connectivity index (χ1) is 13.4. The first-order valence-corrected chi connectivity index (χ1v) is 12.3. The zero-order chi connectivity index (χ0) is 21.5. The third-order valence-corrected chi connectivity index (χ3v) is 8.88. The monoisotopic (exact) mass is 421 g/mol. The molecule has 2 heterocycles. The molecule has 0 aromatic heterocycles. The van der Waals surface area contributed by atoms with E-state index in [1.165, 1.54) is 0 Å². The van der Waals surface area contributed by atoms with Crippen LogP contribution in [0.1, 0.15) is 65.9 Å². The van der Waals surface area contributed by atoms with Crippen molar-refractivity contribution in [2.24, 2.45) is 5.41 Å². The van der Waals surface area contributed by atoms with Crippen molar-refractivity contribution in [3.8, 4) is 0 Å². The SMILES string of the molecule is CCCCC1(CB2OC(C)(C)C(C)(C)O2)CCN(S(=O)(=O)c2ccc(C)cc2)C1. The molecule has 2 aliphatic heterocycles. The lowest BCUT2D eigenvalue weighted by molar-refractivity contribution is 0.00578. The van der Waals surface area contributed by atoms with Crippen molar-refractivity contribution in [3.63, 3.8) is 0 Å². The Morgan fingerprint density at radius 1 is 1.07 bits per heavy atom. The van der Waals surface area contributed by atoms with Crippen molar-refractivity contribution in [2.75, 3.05) is 13.1 Å². The van der Waals surface area contributed by atoms with E-state index in [2.05, 4.69) is 34.6 Å². The third-order valence-electron chi connectivity index (χ3n) is 7.02. The summed E-state index contributed by atoms with van der Waals surface area (Å²) >= 11 is 0. The van der Waals surface area contributed by atoms with E-state index < -0.39 is 10.0 Å². The molecule has 1 aromatic carbocycles. The van der Waals surface area contributed by atoms with E-state index in [4.69, 9.17) is 9.31 Å². The molecule has 0 bridgehead atoms. The maximum atomic E-state index is 13.2. The highest BCUT2D eigenvalue weighted by atomic mass is 32.2. The van der Waals surface area contributed by atoms with Crippen LogP contribution in [-0.4, -0.2) is 44.1 Å². The summed E-state index contributed by atoms with van der Waals surface area (Å²) in [6, 6.07) is 7.14. The average molecular weight is 421 g/mol. The van der Waals surface area contributed by atoms with Crippen LogP contribution in [0.25, 0.3) is 0 Å². The predicted octanol–water partition coefficient (Wildman–Crippen LogP) is 4.66. The molecule has 2 aliphatic rings. The summed E-state index contributed by atoms with van der Waals surface area (Å²) in [6.45, 7) is 13.5. The molecule has 0 saturated carbocycles. The molecule has 5 nitrogen and oxygen atoms in total. The molecular formula is C22H36BNO4S. The molecule has 3 rings (SSSR count). The highest BCUT2D eigenvalue weighted by Gasteiger charge is 2.54. The fraction of sp³-hybridized carbons (Fsp3) is 0.727. The second-order valence-corrected chi connectivity index (χ2v) is 11.8. The van der Waals surface area contributed by atoms with Gasteiger partial charge < -0.3 is 9.31 Å². The quantitative estimate of drug-likeness (QED) is 0.601. The van der Waals surface area contributed by atoms with Crippen LogP contribution in [0.15, 0.2) is 29.2 Å². The van der Waals surface area contributed by atoms with Crippen LogP contribution in [0.4, 0.5) is 0 Å². The molecule has 0 radical (unpaired) electrons. The predicted molar refractivity (Wildman–Crippen MR) is 117 cm³/mol. The number of sulfonamides is 1. The Kier molecular flexibility index (Phi) is 6.28. The summed E-state index contributed by atoms with van der Waals surface area (Å²) in [7, 11) is -3.77. The van der Waals surface area contributed by atoms with E-state index in [-0.39, 0.29) is 23.7 Å². The fourth-order valence-electron chi connectivity index (χ4n) is 4.39. The Bertz CT molecular complexity index is 806. The lowest BCUT2D eigenvalue weighted by Crippen LogP contribution is -2.41. The van der Waals surface area contributed by atoms with Crippen molar-refractivity contribution in [2.45, 2.75) is 89.6 Å². The Hall–Kier alpha value is -0.885. The summed E-state index contributed by atoms with van der Waals surface area (Å²) in [5.41, 5.74) is 0.226. The first kappa shape index (κ1) is 22.8. The molecule has 162 valence electrons. The number of aryl methyl sites for hydroxylation is 1. The van der Waals surface area contributed by atoms with E-state index >= 15 is 0 Å². The Labute approximate surface area is 177 Å². The standard InChI is InChI=1S/C22H36BNO4S/c1-7-8-13-22(16-23-27-20(3,4)21(5,6)28-23)14-15-24(17-22)29(25,26)19-11-9-18(2)10-12-19/h9-12H,7-8,13-17H2,1-6H3. The van der Waals surface area contributed by atoms with Gasteiger partial charge in [0.15, 0.2) is 0 Å². The average Bonchev–Trinajstić information content (AvgIpc) is 3.12. The Morgan fingerprint density at radius 3 is 2.21 bits per heavy atom. The van der Waals surface area contributed by atoms with Crippen LogP contribution in [0.5, 0.6) is 0 Å². The maximum Gasteiger partial charge on any atom is 0.458 e. The second kappa shape index (κ2) is 7.99. The van der Waals surface area contributed by atoms with Gasteiger partial charge in [0.05, 0.1) is 16.1 Å². The molecule has 29 heavy (non-hydrogen) atoms. The molecular weight excluding hydrogens is 385 g/mol. The van der Waals surface area contributed by atoms with Gasteiger partial charge in [-0.15, -0.1) is 0 Å². The molecule has 0 amide bonds. The molecule has 0 aliphatic carbocycles. The third kappa shape index (κ3) is 4.58. The van der Waals surface area contributed by atoms with E-state index in [0.29, 0.717) is 18.0 Å². The molecule has 0 N–H and O–H groups in total. The van der Waals surface area contributed by atoms with Crippen LogP contribution in [0.2, 0.25) is 6.32 Å². The van der Waals surface area contributed by atoms with Crippen LogP contribution in [-0.2, 0) is 19.3 Å². The van der Waals surface area contributed by atoms with Gasteiger partial charge in [-0.3, -0.25) is 0 Å². The van der Waals surface area contributed by atoms with Crippen molar-refractivity contribution >= 4 is 17.1 Å². The highest BCUT2D eigenvalue weighted by molar-refractivity contribution is 7.89. The van der Waals surface area contributed by atoms with Crippen molar-refractivity contribution < 1.29 is 17.7 Å². The molecule has 2 fully saturated rings. The summed E-state index contributed by atoms with van der Waals surface area (Å²) < 4.78 is 40.6. The number of nitrogens with zero attached hydrogens (tertiary/aromatic N) is 1. The van der Waals surface area contributed by atoms with Crippen molar-refractivity contribution in [1.29, 1.82) is 0 Å². The molecule has 1 atom stereocenters. The summed E-state index contributed by atoms with van der Waals surface area (Å²) in [5, 5.41) is 0. The van der Waals surface area contributed by atoms with Gasteiger partial charge >= 0.3 is 7.12 Å².